The van der Waals surface area contributed by atoms with Crippen molar-refractivity contribution in [3.63, 3.8) is 0 Å². The Labute approximate surface area is 227 Å². The van der Waals surface area contributed by atoms with Crippen LogP contribution in [0.4, 0.5) is 5.69 Å². The highest BCUT2D eigenvalue weighted by Gasteiger charge is 2.70. The first-order valence-corrected chi connectivity index (χ1v) is 14.5. The van der Waals surface area contributed by atoms with Crippen LogP contribution in [0.3, 0.4) is 0 Å². The summed E-state index contributed by atoms with van der Waals surface area (Å²) in [5.74, 6) is -1.31. The first-order chi connectivity index (χ1) is 17.9. The highest BCUT2D eigenvalue weighted by molar-refractivity contribution is 8.02. The summed E-state index contributed by atoms with van der Waals surface area (Å²) in [4.78, 5) is 47.6. The van der Waals surface area contributed by atoms with Crippen LogP contribution in [-0.4, -0.2) is 81.5 Å². The number of thioether (sulfide) groups is 1. The number of carbonyl (C=O) groups is 3. The molecule has 0 aromatic heterocycles. The Kier molecular flexibility index (Phi) is 7.70. The second-order valence-electron chi connectivity index (χ2n) is 10.2. The van der Waals surface area contributed by atoms with Crippen LogP contribution in [-0.2, 0) is 14.4 Å². The van der Waals surface area contributed by atoms with E-state index in [-0.39, 0.29) is 29.6 Å². The van der Waals surface area contributed by atoms with Crippen LogP contribution in [0.1, 0.15) is 32.6 Å². The number of carbonyl (C=O) groups excluding carboxylic acids is 3. The zero-order valence-electron chi connectivity index (χ0n) is 21.1. The van der Waals surface area contributed by atoms with E-state index in [0.717, 1.165) is 18.5 Å². The molecule has 0 bridgehead atoms. The third-order valence-corrected chi connectivity index (χ3v) is 9.93. The van der Waals surface area contributed by atoms with Gasteiger partial charge in [-0.1, -0.05) is 42.8 Å². The third kappa shape index (κ3) is 4.51. The van der Waals surface area contributed by atoms with Crippen LogP contribution in [0.15, 0.2) is 48.6 Å². The molecular weight excluding hydrogens is 510 g/mol. The Balaban J connectivity index is 1.55. The largest absolute Gasteiger partial charge is 0.396 e. The van der Waals surface area contributed by atoms with Crippen molar-refractivity contribution in [2.45, 2.75) is 48.6 Å². The van der Waals surface area contributed by atoms with Crippen molar-refractivity contribution in [2.75, 3.05) is 37.7 Å². The van der Waals surface area contributed by atoms with Gasteiger partial charge in [0, 0.05) is 48.7 Å². The molecule has 4 aliphatic heterocycles. The molecule has 1 spiro atoms. The van der Waals surface area contributed by atoms with Crippen molar-refractivity contribution in [2.24, 2.45) is 11.8 Å². The third-order valence-electron chi connectivity index (χ3n) is 7.93. The Bertz CT molecular complexity index is 1110. The molecule has 1 aromatic rings. The highest BCUT2D eigenvalue weighted by atomic mass is 35.5. The first kappa shape index (κ1) is 26.3. The Morgan fingerprint density at radius 2 is 1.78 bits per heavy atom. The van der Waals surface area contributed by atoms with Crippen molar-refractivity contribution in [1.82, 2.24) is 9.80 Å². The van der Waals surface area contributed by atoms with Crippen molar-refractivity contribution in [1.29, 1.82) is 0 Å². The van der Waals surface area contributed by atoms with Gasteiger partial charge in [-0.2, -0.15) is 0 Å². The first-order valence-electron chi connectivity index (χ1n) is 13.2. The molecule has 0 radical (unpaired) electrons. The lowest BCUT2D eigenvalue weighted by Crippen LogP contribution is -2.53. The summed E-state index contributed by atoms with van der Waals surface area (Å²) >= 11 is 7.71. The number of amides is 3. The van der Waals surface area contributed by atoms with E-state index < -0.39 is 22.6 Å². The number of anilines is 1. The molecule has 5 rings (SSSR count). The number of aliphatic hydroxyl groups excluding tert-OH is 1. The van der Waals surface area contributed by atoms with Crippen molar-refractivity contribution < 1.29 is 19.5 Å². The fourth-order valence-corrected chi connectivity index (χ4v) is 8.46. The van der Waals surface area contributed by atoms with Gasteiger partial charge < -0.3 is 19.8 Å². The van der Waals surface area contributed by atoms with Crippen LogP contribution < -0.4 is 4.90 Å². The molecular formula is C28H34ClN3O4S. The zero-order valence-corrected chi connectivity index (χ0v) is 22.7. The fraction of sp³-hybridized carbons (Fsp3) is 0.536. The van der Waals surface area contributed by atoms with Gasteiger partial charge in [0.05, 0.1) is 16.6 Å². The predicted octanol–water partition coefficient (Wildman–Crippen LogP) is 3.51. The topological polar surface area (TPSA) is 81.2 Å². The van der Waals surface area contributed by atoms with Crippen LogP contribution in [0, 0.1) is 11.8 Å². The van der Waals surface area contributed by atoms with E-state index in [1.54, 1.807) is 33.7 Å². The minimum Gasteiger partial charge on any atom is -0.396 e. The molecule has 3 amide bonds. The molecule has 37 heavy (non-hydrogen) atoms. The van der Waals surface area contributed by atoms with Gasteiger partial charge >= 0.3 is 0 Å². The molecule has 4 aliphatic rings. The normalized spacial score (nSPS) is 30.9. The number of hydrogen-bond donors (Lipinski definition) is 1. The Morgan fingerprint density at radius 1 is 1.00 bits per heavy atom. The minimum absolute atomic E-state index is 0.0140. The minimum atomic E-state index is -0.809. The van der Waals surface area contributed by atoms with Crippen molar-refractivity contribution in [3.8, 4) is 0 Å². The van der Waals surface area contributed by atoms with Crippen molar-refractivity contribution >= 4 is 46.8 Å². The van der Waals surface area contributed by atoms with Crippen LogP contribution in [0.5, 0.6) is 0 Å². The number of unbranched alkanes of at least 4 members (excludes halogenated alkanes) is 2. The molecule has 4 heterocycles. The molecule has 0 aliphatic carbocycles. The number of halogens is 1. The number of aliphatic hydroxyl groups is 1. The number of hydrogen-bond acceptors (Lipinski definition) is 5. The fourth-order valence-electron chi connectivity index (χ4n) is 6.32. The van der Waals surface area contributed by atoms with E-state index in [9.17, 15) is 19.5 Å². The Morgan fingerprint density at radius 3 is 2.51 bits per heavy atom. The summed E-state index contributed by atoms with van der Waals surface area (Å²) in [6, 6.07) is 6.47. The number of nitrogens with zero attached hydrogens (tertiary/aromatic N) is 3. The average molecular weight is 544 g/mol. The smallest absolute Gasteiger partial charge is 0.251 e. The quantitative estimate of drug-likeness (QED) is 0.401. The van der Waals surface area contributed by atoms with Gasteiger partial charge in [-0.25, -0.2) is 0 Å². The summed E-state index contributed by atoms with van der Waals surface area (Å²) in [6.07, 6.45) is 11.1. The number of fused-ring (bicyclic) bond motifs is 2. The summed E-state index contributed by atoms with van der Waals surface area (Å²) in [6.45, 7) is 4.17. The van der Waals surface area contributed by atoms with E-state index in [1.807, 2.05) is 42.2 Å². The molecule has 0 saturated carbocycles. The summed E-state index contributed by atoms with van der Waals surface area (Å²) in [7, 11) is 0. The maximum Gasteiger partial charge on any atom is 0.251 e. The number of rotatable bonds is 8. The maximum absolute atomic E-state index is 14.3. The lowest BCUT2D eigenvalue weighted by molar-refractivity contribution is -0.142. The van der Waals surface area contributed by atoms with Crippen LogP contribution in [0.25, 0.3) is 0 Å². The molecule has 5 atom stereocenters. The molecule has 2 fully saturated rings. The lowest BCUT2D eigenvalue weighted by Gasteiger charge is -2.35. The second-order valence-corrected chi connectivity index (χ2v) is 12.1. The maximum atomic E-state index is 14.3. The average Bonchev–Trinajstić information content (AvgIpc) is 3.20. The second kappa shape index (κ2) is 10.8. The van der Waals surface area contributed by atoms with Gasteiger partial charge in [0.1, 0.15) is 6.04 Å². The monoisotopic (exact) mass is 543 g/mol. The molecule has 2 saturated heterocycles. The van der Waals surface area contributed by atoms with E-state index in [0.29, 0.717) is 44.0 Å². The molecule has 1 aromatic carbocycles. The summed E-state index contributed by atoms with van der Waals surface area (Å²) in [5, 5.41) is 9.67. The number of likely N-dealkylation sites (tertiary alicyclic amines) is 1. The van der Waals surface area contributed by atoms with E-state index in [1.165, 1.54) is 0 Å². The molecule has 1 N–H and O–H groups in total. The Hall–Kier alpha value is -2.29. The van der Waals surface area contributed by atoms with Crippen LogP contribution in [0.2, 0.25) is 5.02 Å². The number of benzene rings is 1. The van der Waals surface area contributed by atoms with Gasteiger partial charge in [-0.15, -0.1) is 11.8 Å². The van der Waals surface area contributed by atoms with Crippen LogP contribution >= 0.6 is 23.4 Å². The molecule has 1 unspecified atom stereocenters. The molecule has 7 nitrogen and oxygen atoms in total. The SMILES string of the molecule is CCCN1CC=C[C@H]2S[C@]34C=CCN(c5ccc(Cl)cc5)C(=O)C3N(CCCCCO)C(=O)[C@@H]4[C@H]2C1=O. The molecule has 198 valence electrons. The summed E-state index contributed by atoms with van der Waals surface area (Å²) < 4.78 is -0.809. The van der Waals surface area contributed by atoms with Gasteiger partial charge in [0.2, 0.25) is 11.8 Å². The summed E-state index contributed by atoms with van der Waals surface area (Å²) in [5.41, 5.74) is 0.731. The lowest BCUT2D eigenvalue weighted by atomic mass is 9.78. The van der Waals surface area contributed by atoms with E-state index >= 15 is 0 Å². The van der Waals surface area contributed by atoms with Gasteiger partial charge in [-0.05, 0) is 49.9 Å². The van der Waals surface area contributed by atoms with E-state index in [4.69, 9.17) is 11.6 Å². The van der Waals surface area contributed by atoms with Gasteiger partial charge in [-0.3, -0.25) is 14.4 Å². The van der Waals surface area contributed by atoms with Gasteiger partial charge in [0.15, 0.2) is 0 Å². The molecule has 9 heteroatoms. The predicted molar refractivity (Wildman–Crippen MR) is 146 cm³/mol. The highest BCUT2D eigenvalue weighted by Crippen LogP contribution is 2.61. The zero-order chi connectivity index (χ0) is 26.2. The van der Waals surface area contributed by atoms with E-state index in [2.05, 4.69) is 6.08 Å². The van der Waals surface area contributed by atoms with Crippen molar-refractivity contribution in [3.05, 3.63) is 53.6 Å². The standard InChI is InChI=1S/C28H34ClN3O4S/c1-2-14-30-15-6-8-21-22(25(30)34)23-26(35)32(16-4-3-5-18-33)24-27(36)31(17-7-13-28(23,24)37-21)20-11-9-19(29)10-12-20/h6-13,21-24,33H,2-5,14-18H2,1H3/t21-,22+,23+,24?,28+/m1/s1. The van der Waals surface area contributed by atoms with Gasteiger partial charge in [0.25, 0.3) is 5.91 Å².